The minimum Gasteiger partial charge on any atom is -0.472 e. The Kier molecular flexibility index (Phi) is 9.86. The topological polar surface area (TPSA) is 103 Å². The van der Waals surface area contributed by atoms with Gasteiger partial charge in [-0.3, -0.25) is 14.7 Å². The molecule has 9 nitrogen and oxygen atoms in total. The van der Waals surface area contributed by atoms with Gasteiger partial charge in [-0.15, -0.1) is 0 Å². The van der Waals surface area contributed by atoms with Gasteiger partial charge in [0.15, 0.2) is 10.2 Å². The maximum atomic E-state index is 14.2. The molecule has 0 saturated heterocycles. The van der Waals surface area contributed by atoms with Gasteiger partial charge in [0.1, 0.15) is 18.2 Å². The Hall–Kier alpha value is -3.83. The summed E-state index contributed by atoms with van der Waals surface area (Å²) in [6.07, 6.45) is 1.81. The number of hydrogen-bond donors (Lipinski definition) is 2. The van der Waals surface area contributed by atoms with Crippen molar-refractivity contribution in [3.05, 3.63) is 92.1 Å². The number of thioether (sulfide) groups is 1. The van der Waals surface area contributed by atoms with Gasteiger partial charge in [0.2, 0.25) is 5.88 Å². The summed E-state index contributed by atoms with van der Waals surface area (Å²) in [6.45, 7) is 11.9. The first-order valence-corrected chi connectivity index (χ1v) is 15.4. The summed E-state index contributed by atoms with van der Waals surface area (Å²) >= 11 is 7.62. The van der Waals surface area contributed by atoms with E-state index in [4.69, 9.17) is 21.4 Å². The lowest BCUT2D eigenvalue weighted by Gasteiger charge is -2.17. The Labute approximate surface area is 259 Å². The summed E-state index contributed by atoms with van der Waals surface area (Å²) < 4.78 is 23.3. The molecule has 0 aliphatic carbocycles. The average Bonchev–Trinajstić information content (AvgIpc) is 3.37. The lowest BCUT2D eigenvalue weighted by Crippen LogP contribution is -2.29. The second kappa shape index (κ2) is 13.2. The number of rotatable bonds is 9. The molecule has 2 aromatic carbocycles. The van der Waals surface area contributed by atoms with Crippen LogP contribution in [0.3, 0.4) is 0 Å². The molecular weight excluding hydrogens is 591 g/mol. The second-order valence-electron chi connectivity index (χ2n) is 11.4. The number of urea groups is 1. The summed E-state index contributed by atoms with van der Waals surface area (Å²) in [7, 11) is 0. The van der Waals surface area contributed by atoms with Gasteiger partial charge in [-0.05, 0) is 62.4 Å². The summed E-state index contributed by atoms with van der Waals surface area (Å²) in [5.74, 6) is 0.0250. The van der Waals surface area contributed by atoms with Gasteiger partial charge in [-0.1, -0.05) is 67.9 Å². The standard InChI is InChI=1S/C31H36ClFN6O3S/c1-18(2)38-28(40)26(32)27(36-30(38)43-7)42-17-20-10-11-22(33)14-21(20)16-34-29(41)35-25-15-24(31(4,5)6)37-39(25)23-12-8-19(3)9-13-23/h8-15,18H,16-17H2,1-7H3,(H2,34,35,41). The number of ether oxygens (including phenoxy) is 1. The van der Waals surface area contributed by atoms with E-state index in [1.165, 1.54) is 28.5 Å². The fourth-order valence-corrected chi connectivity index (χ4v) is 5.12. The van der Waals surface area contributed by atoms with Crippen molar-refractivity contribution in [1.29, 1.82) is 0 Å². The number of carbonyl (C=O) groups is 1. The molecule has 2 amide bonds. The molecule has 43 heavy (non-hydrogen) atoms. The largest absolute Gasteiger partial charge is 0.472 e. The summed E-state index contributed by atoms with van der Waals surface area (Å²) in [6, 6.07) is 13.2. The zero-order valence-corrected chi connectivity index (χ0v) is 26.9. The van der Waals surface area contributed by atoms with Gasteiger partial charge in [0.05, 0.1) is 11.4 Å². The van der Waals surface area contributed by atoms with Gasteiger partial charge >= 0.3 is 6.03 Å². The van der Waals surface area contributed by atoms with E-state index in [0.29, 0.717) is 22.1 Å². The van der Waals surface area contributed by atoms with Crippen LogP contribution in [-0.4, -0.2) is 31.6 Å². The number of halogens is 2. The molecule has 2 N–H and O–H groups in total. The Balaban J connectivity index is 1.51. The van der Waals surface area contributed by atoms with Crippen LogP contribution in [-0.2, 0) is 18.6 Å². The van der Waals surface area contributed by atoms with Crippen molar-refractivity contribution in [2.75, 3.05) is 11.6 Å². The SMILES string of the molecule is CSc1nc(OCc2ccc(F)cc2CNC(=O)Nc2cc(C(C)(C)C)nn2-c2ccc(C)cc2)c(Cl)c(=O)n1C(C)C. The van der Waals surface area contributed by atoms with Crippen LogP contribution in [0.25, 0.3) is 5.69 Å². The van der Waals surface area contributed by atoms with Crippen LogP contribution in [0, 0.1) is 12.7 Å². The lowest BCUT2D eigenvalue weighted by atomic mass is 9.92. The summed E-state index contributed by atoms with van der Waals surface area (Å²) in [5, 5.41) is 10.7. The molecule has 0 unspecified atom stereocenters. The van der Waals surface area contributed by atoms with Crippen molar-refractivity contribution in [3.63, 3.8) is 0 Å². The molecule has 0 fully saturated rings. The van der Waals surface area contributed by atoms with Crippen LogP contribution >= 0.6 is 23.4 Å². The van der Waals surface area contributed by atoms with Crippen molar-refractivity contribution in [1.82, 2.24) is 24.6 Å². The average molecular weight is 627 g/mol. The number of nitrogens with zero attached hydrogens (tertiary/aromatic N) is 4. The normalized spacial score (nSPS) is 11.6. The van der Waals surface area contributed by atoms with E-state index in [2.05, 4.69) is 15.6 Å². The molecule has 4 aromatic rings. The van der Waals surface area contributed by atoms with Crippen LogP contribution in [0.1, 0.15) is 63.0 Å². The third-order valence-corrected chi connectivity index (χ3v) is 7.64. The second-order valence-corrected chi connectivity index (χ2v) is 12.6. The molecule has 4 rings (SSSR count). The maximum absolute atomic E-state index is 14.2. The fraction of sp³-hybridized carbons (Fsp3) is 0.355. The summed E-state index contributed by atoms with van der Waals surface area (Å²) in [4.78, 5) is 30.3. The molecular formula is C31H36ClFN6O3S. The number of aromatic nitrogens is 4. The third kappa shape index (κ3) is 7.58. The van der Waals surface area contributed by atoms with E-state index in [0.717, 1.165) is 16.9 Å². The molecule has 2 aromatic heterocycles. The number of benzene rings is 2. The van der Waals surface area contributed by atoms with Crippen molar-refractivity contribution in [2.24, 2.45) is 0 Å². The van der Waals surface area contributed by atoms with Crippen LogP contribution in [0.2, 0.25) is 5.02 Å². The molecule has 0 bridgehead atoms. The van der Waals surface area contributed by atoms with Crippen LogP contribution < -0.4 is 20.9 Å². The highest BCUT2D eigenvalue weighted by molar-refractivity contribution is 7.98. The number of aryl methyl sites for hydroxylation is 1. The van der Waals surface area contributed by atoms with Crippen LogP contribution in [0.15, 0.2) is 58.5 Å². The zero-order chi connectivity index (χ0) is 31.5. The zero-order valence-electron chi connectivity index (χ0n) is 25.3. The predicted molar refractivity (Wildman–Crippen MR) is 169 cm³/mol. The molecule has 0 radical (unpaired) electrons. The Bertz CT molecular complexity index is 1680. The molecule has 0 aliphatic heterocycles. The number of amides is 2. The third-order valence-electron chi connectivity index (χ3n) is 6.67. The van der Waals surface area contributed by atoms with E-state index >= 15 is 0 Å². The van der Waals surface area contributed by atoms with Gasteiger partial charge < -0.3 is 10.1 Å². The number of nitrogens with one attached hydrogen (secondary N) is 2. The smallest absolute Gasteiger partial charge is 0.320 e. The Morgan fingerprint density at radius 1 is 1.12 bits per heavy atom. The molecule has 12 heteroatoms. The minimum absolute atomic E-state index is 0.00656. The monoisotopic (exact) mass is 626 g/mol. The highest BCUT2D eigenvalue weighted by Gasteiger charge is 2.22. The minimum atomic E-state index is -0.489. The van der Waals surface area contributed by atoms with Gasteiger partial charge in [0.25, 0.3) is 5.56 Å². The molecule has 0 spiro atoms. The highest BCUT2D eigenvalue weighted by atomic mass is 35.5. The molecule has 0 aliphatic rings. The van der Waals surface area contributed by atoms with Crippen molar-refractivity contribution in [3.8, 4) is 11.6 Å². The van der Waals surface area contributed by atoms with E-state index in [-0.39, 0.29) is 35.5 Å². The predicted octanol–water partition coefficient (Wildman–Crippen LogP) is 7.03. The molecule has 0 saturated carbocycles. The van der Waals surface area contributed by atoms with Crippen LogP contribution in [0.4, 0.5) is 15.0 Å². The molecule has 228 valence electrons. The highest BCUT2D eigenvalue weighted by Crippen LogP contribution is 2.27. The van der Waals surface area contributed by atoms with Gasteiger partial charge in [-0.25, -0.2) is 13.9 Å². The fourth-order valence-electron chi connectivity index (χ4n) is 4.27. The quantitative estimate of drug-likeness (QED) is 0.153. The van der Waals surface area contributed by atoms with E-state index in [1.54, 1.807) is 10.7 Å². The van der Waals surface area contributed by atoms with E-state index < -0.39 is 17.4 Å². The van der Waals surface area contributed by atoms with Crippen molar-refractivity contribution < 1.29 is 13.9 Å². The molecule has 2 heterocycles. The first-order valence-electron chi connectivity index (χ1n) is 13.8. The Morgan fingerprint density at radius 3 is 2.44 bits per heavy atom. The lowest BCUT2D eigenvalue weighted by molar-refractivity contribution is 0.251. The van der Waals surface area contributed by atoms with Gasteiger partial charge in [-0.2, -0.15) is 10.1 Å². The first-order chi connectivity index (χ1) is 20.3. The van der Waals surface area contributed by atoms with Crippen LogP contribution in [0.5, 0.6) is 5.88 Å². The van der Waals surface area contributed by atoms with E-state index in [9.17, 15) is 14.0 Å². The van der Waals surface area contributed by atoms with Crippen molar-refractivity contribution >= 4 is 35.2 Å². The van der Waals surface area contributed by atoms with E-state index in [1.807, 2.05) is 78.1 Å². The summed E-state index contributed by atoms with van der Waals surface area (Å²) in [5.41, 5.74) is 3.17. The number of anilines is 1. The number of carbonyl (C=O) groups excluding carboxylic acids is 1. The maximum Gasteiger partial charge on any atom is 0.320 e. The molecule has 0 atom stereocenters. The first kappa shape index (κ1) is 32.1. The van der Waals surface area contributed by atoms with Gasteiger partial charge in [0, 0.05) is 24.1 Å². The number of hydrogen-bond acceptors (Lipinski definition) is 6. The Morgan fingerprint density at radius 2 is 1.81 bits per heavy atom. The van der Waals surface area contributed by atoms with Crippen molar-refractivity contribution in [2.45, 2.75) is 71.3 Å².